The smallest absolute Gasteiger partial charge is 0.326 e. The van der Waals surface area contributed by atoms with E-state index in [-0.39, 0.29) is 18.8 Å². The molecule has 0 spiro atoms. The van der Waals surface area contributed by atoms with Crippen molar-refractivity contribution < 1.29 is 29.4 Å². The van der Waals surface area contributed by atoms with Gasteiger partial charge in [0.25, 0.3) is 0 Å². The van der Waals surface area contributed by atoms with Crippen molar-refractivity contribution in [2.75, 3.05) is 6.54 Å². The summed E-state index contributed by atoms with van der Waals surface area (Å²) in [7, 11) is 0. The van der Waals surface area contributed by atoms with Crippen molar-refractivity contribution in [3.8, 4) is 0 Å². The van der Waals surface area contributed by atoms with Crippen LogP contribution in [-0.2, 0) is 25.6 Å². The fourth-order valence-corrected chi connectivity index (χ4v) is 3.12. The maximum atomic E-state index is 13.0. The Morgan fingerprint density at radius 2 is 1.68 bits per heavy atom. The Balaban J connectivity index is 2.96. The second-order valence-corrected chi connectivity index (χ2v) is 8.52. The fourth-order valence-electron chi connectivity index (χ4n) is 3.12. The SMILES string of the molecule is CC(C)C(NC(=O)C(N)C(C)O)C(=O)NC(CCCCN)C(=O)NC(Cc1cnc[nH]1)C(=O)O. The van der Waals surface area contributed by atoms with E-state index in [0.717, 1.165) is 0 Å². The van der Waals surface area contributed by atoms with Crippen LogP contribution in [0.25, 0.3) is 0 Å². The number of carboxylic acids is 1. The molecule has 0 aliphatic rings. The topological polar surface area (TPSA) is 226 Å². The van der Waals surface area contributed by atoms with Crippen LogP contribution < -0.4 is 27.4 Å². The molecule has 3 amide bonds. The number of aromatic nitrogens is 2. The van der Waals surface area contributed by atoms with Gasteiger partial charge in [-0.1, -0.05) is 13.8 Å². The van der Waals surface area contributed by atoms with Crippen molar-refractivity contribution in [1.29, 1.82) is 0 Å². The Kier molecular flexibility index (Phi) is 12.2. The van der Waals surface area contributed by atoms with Crippen molar-refractivity contribution in [3.63, 3.8) is 0 Å². The number of hydrogen-bond donors (Lipinski definition) is 8. The van der Waals surface area contributed by atoms with Crippen molar-refractivity contribution in [3.05, 3.63) is 18.2 Å². The number of rotatable bonds is 15. The molecule has 1 rings (SSSR count). The zero-order valence-corrected chi connectivity index (χ0v) is 19.8. The molecule has 0 fully saturated rings. The lowest BCUT2D eigenvalue weighted by atomic mass is 10.0. The van der Waals surface area contributed by atoms with Gasteiger partial charge in [0.15, 0.2) is 0 Å². The van der Waals surface area contributed by atoms with Crippen LogP contribution >= 0.6 is 0 Å². The van der Waals surface area contributed by atoms with Crippen LogP contribution in [0.3, 0.4) is 0 Å². The van der Waals surface area contributed by atoms with Crippen LogP contribution in [0.15, 0.2) is 12.5 Å². The molecule has 192 valence electrons. The minimum absolute atomic E-state index is 0.0214. The van der Waals surface area contributed by atoms with Gasteiger partial charge in [0.05, 0.1) is 12.4 Å². The number of carbonyl (C=O) groups excluding carboxylic acids is 3. The molecule has 0 aliphatic heterocycles. The van der Waals surface area contributed by atoms with Crippen LogP contribution in [-0.4, -0.2) is 80.7 Å². The number of aromatic amines is 1. The summed E-state index contributed by atoms with van der Waals surface area (Å²) in [6.45, 7) is 5.15. The zero-order chi connectivity index (χ0) is 25.8. The first-order chi connectivity index (χ1) is 16.0. The number of aliphatic hydroxyl groups is 1. The molecule has 1 aromatic heterocycles. The van der Waals surface area contributed by atoms with Gasteiger partial charge in [-0.05, 0) is 38.6 Å². The van der Waals surface area contributed by atoms with Crippen LogP contribution in [0.5, 0.6) is 0 Å². The summed E-state index contributed by atoms with van der Waals surface area (Å²) in [4.78, 5) is 56.5. The monoisotopic (exact) mass is 483 g/mol. The standard InChI is InChI=1S/C21H37N7O6/c1-11(2)17(28-19(31)16(23)12(3)29)20(32)26-14(6-4-5-7-22)18(30)27-15(21(33)34)8-13-9-24-10-25-13/h9-12,14-17,29H,4-8,22-23H2,1-3H3,(H,24,25)(H,26,32)(H,27,30)(H,28,31)(H,33,34). The largest absolute Gasteiger partial charge is 0.480 e. The van der Waals surface area contributed by atoms with E-state index in [9.17, 15) is 29.4 Å². The van der Waals surface area contributed by atoms with Gasteiger partial charge in [0, 0.05) is 18.3 Å². The van der Waals surface area contributed by atoms with E-state index < -0.39 is 54.0 Å². The maximum Gasteiger partial charge on any atom is 0.326 e. The fraction of sp³-hybridized carbons (Fsp3) is 0.667. The molecule has 13 nitrogen and oxygen atoms in total. The number of unbranched alkanes of at least 4 members (excludes halogenated alkanes) is 1. The van der Waals surface area contributed by atoms with Gasteiger partial charge in [-0.25, -0.2) is 9.78 Å². The van der Waals surface area contributed by atoms with E-state index in [4.69, 9.17) is 11.5 Å². The van der Waals surface area contributed by atoms with E-state index >= 15 is 0 Å². The lowest BCUT2D eigenvalue weighted by Crippen LogP contribution is -2.59. The molecule has 5 unspecified atom stereocenters. The number of nitrogens with two attached hydrogens (primary N) is 2. The molecular formula is C21H37N7O6. The predicted octanol–water partition coefficient (Wildman–Crippen LogP) is -2.02. The number of aliphatic carboxylic acids is 1. The lowest BCUT2D eigenvalue weighted by Gasteiger charge is -2.27. The molecule has 0 saturated heterocycles. The summed E-state index contributed by atoms with van der Waals surface area (Å²) >= 11 is 0. The van der Waals surface area contributed by atoms with Crippen molar-refractivity contribution in [2.24, 2.45) is 17.4 Å². The molecule has 10 N–H and O–H groups in total. The molecule has 1 aromatic rings. The number of aliphatic hydroxyl groups excluding tert-OH is 1. The van der Waals surface area contributed by atoms with Crippen LogP contribution in [0.4, 0.5) is 0 Å². The Bertz CT molecular complexity index is 800. The molecule has 5 atom stereocenters. The first kappa shape index (κ1) is 29.0. The van der Waals surface area contributed by atoms with Gasteiger partial charge >= 0.3 is 5.97 Å². The molecule has 0 aromatic carbocycles. The summed E-state index contributed by atoms with van der Waals surface area (Å²) in [6.07, 6.45) is 3.05. The summed E-state index contributed by atoms with van der Waals surface area (Å²) < 4.78 is 0. The Morgan fingerprint density at radius 1 is 1.03 bits per heavy atom. The molecule has 0 bridgehead atoms. The minimum Gasteiger partial charge on any atom is -0.480 e. The van der Waals surface area contributed by atoms with Gasteiger partial charge in [-0.2, -0.15) is 0 Å². The lowest BCUT2D eigenvalue weighted by molar-refractivity contribution is -0.142. The van der Waals surface area contributed by atoms with Crippen LogP contribution in [0.2, 0.25) is 0 Å². The summed E-state index contributed by atoms with van der Waals surface area (Å²) in [6, 6.07) is -4.54. The Labute approximate surface area is 198 Å². The average molecular weight is 484 g/mol. The molecule has 0 aliphatic carbocycles. The maximum absolute atomic E-state index is 13.0. The zero-order valence-electron chi connectivity index (χ0n) is 19.8. The highest BCUT2D eigenvalue weighted by molar-refractivity contribution is 5.94. The van der Waals surface area contributed by atoms with Gasteiger partial charge in [0.2, 0.25) is 17.7 Å². The van der Waals surface area contributed by atoms with E-state index in [1.54, 1.807) is 13.8 Å². The Hall–Kier alpha value is -3.03. The number of imidazole rings is 1. The van der Waals surface area contributed by atoms with Gasteiger partial charge < -0.3 is 42.6 Å². The van der Waals surface area contributed by atoms with E-state index in [0.29, 0.717) is 25.1 Å². The predicted molar refractivity (Wildman–Crippen MR) is 123 cm³/mol. The molecule has 13 heteroatoms. The van der Waals surface area contributed by atoms with Crippen LogP contribution in [0.1, 0.15) is 45.7 Å². The van der Waals surface area contributed by atoms with Crippen molar-refractivity contribution in [2.45, 2.75) is 76.7 Å². The summed E-state index contributed by atoms with van der Waals surface area (Å²) in [5, 5.41) is 26.6. The van der Waals surface area contributed by atoms with E-state index in [1.807, 2.05) is 0 Å². The molecule has 0 radical (unpaired) electrons. The second kappa shape index (κ2) is 14.3. The van der Waals surface area contributed by atoms with Crippen molar-refractivity contribution >= 4 is 23.7 Å². The van der Waals surface area contributed by atoms with Crippen molar-refractivity contribution in [1.82, 2.24) is 25.9 Å². The van der Waals surface area contributed by atoms with Gasteiger partial charge in [-0.15, -0.1) is 0 Å². The van der Waals surface area contributed by atoms with Gasteiger partial charge in [-0.3, -0.25) is 14.4 Å². The van der Waals surface area contributed by atoms with Crippen LogP contribution in [0, 0.1) is 5.92 Å². The third kappa shape index (κ3) is 9.45. The Morgan fingerprint density at radius 3 is 2.18 bits per heavy atom. The van der Waals surface area contributed by atoms with E-state index in [1.165, 1.54) is 19.4 Å². The quantitative estimate of drug-likeness (QED) is 0.129. The highest BCUT2D eigenvalue weighted by Gasteiger charge is 2.32. The third-order valence-electron chi connectivity index (χ3n) is 5.24. The van der Waals surface area contributed by atoms with E-state index in [2.05, 4.69) is 25.9 Å². The molecule has 0 saturated carbocycles. The number of carbonyl (C=O) groups is 4. The number of amides is 3. The number of hydrogen-bond acceptors (Lipinski definition) is 8. The highest BCUT2D eigenvalue weighted by atomic mass is 16.4. The average Bonchev–Trinajstić information content (AvgIpc) is 3.28. The second-order valence-electron chi connectivity index (χ2n) is 8.52. The van der Waals surface area contributed by atoms with Gasteiger partial charge in [0.1, 0.15) is 24.2 Å². The summed E-state index contributed by atoms with van der Waals surface area (Å²) in [5.74, 6) is -3.61. The first-order valence-corrected chi connectivity index (χ1v) is 11.2. The molecular weight excluding hydrogens is 446 g/mol. The normalized spacial score (nSPS) is 15.6. The minimum atomic E-state index is -1.24. The molecule has 34 heavy (non-hydrogen) atoms. The number of nitrogens with zero attached hydrogens (tertiary/aromatic N) is 1. The highest BCUT2D eigenvalue weighted by Crippen LogP contribution is 2.08. The number of carboxylic acid groups (broad SMARTS) is 1. The molecule has 1 heterocycles. The summed E-state index contributed by atoms with van der Waals surface area (Å²) in [5.41, 5.74) is 11.7. The number of H-pyrrole nitrogens is 1. The first-order valence-electron chi connectivity index (χ1n) is 11.2. The number of nitrogens with one attached hydrogen (secondary N) is 4. The third-order valence-corrected chi connectivity index (χ3v) is 5.24.